The minimum absolute atomic E-state index is 0.197. The van der Waals surface area contributed by atoms with Gasteiger partial charge >= 0.3 is 0 Å². The van der Waals surface area contributed by atoms with Gasteiger partial charge in [0, 0.05) is 31.2 Å². The van der Waals surface area contributed by atoms with Crippen LogP contribution >= 0.6 is 0 Å². The molecule has 0 spiro atoms. The molecule has 0 saturated heterocycles. The highest BCUT2D eigenvalue weighted by molar-refractivity contribution is 6.04. The number of para-hydroxylation sites is 1. The molecule has 1 N–H and O–H groups in total. The van der Waals surface area contributed by atoms with E-state index in [9.17, 15) is 4.79 Å². The number of aromatic nitrogens is 5. The minimum atomic E-state index is -0.379. The van der Waals surface area contributed by atoms with Gasteiger partial charge in [0.05, 0.1) is 19.0 Å². The SMILES string of the molecule is COc1cn(-c2ccccc2)nc1C(=O)Nc1ccn(CCc2ccncc2)n1. The topological polar surface area (TPSA) is 86.9 Å². The molecule has 1 amide bonds. The third-order valence-electron chi connectivity index (χ3n) is 4.40. The predicted molar refractivity (Wildman–Crippen MR) is 108 cm³/mol. The lowest BCUT2D eigenvalue weighted by Gasteiger charge is -2.03. The van der Waals surface area contributed by atoms with Gasteiger partial charge in [-0.05, 0) is 36.2 Å². The van der Waals surface area contributed by atoms with E-state index in [-0.39, 0.29) is 11.6 Å². The molecule has 0 saturated carbocycles. The molecule has 3 heterocycles. The quantitative estimate of drug-likeness (QED) is 0.526. The molecule has 0 fully saturated rings. The zero-order chi connectivity index (χ0) is 20.1. The molecule has 0 aliphatic carbocycles. The van der Waals surface area contributed by atoms with E-state index in [1.165, 1.54) is 12.7 Å². The standard InChI is InChI=1S/C21H20N6O2/c1-29-18-15-27(17-5-3-2-4-6-17)25-20(18)21(28)23-19-10-14-26(24-19)13-9-16-7-11-22-12-8-16/h2-8,10-12,14-15H,9,13H2,1H3,(H,23,24,28). The van der Waals surface area contributed by atoms with Gasteiger partial charge in [0.2, 0.25) is 0 Å². The number of nitrogens with one attached hydrogen (secondary N) is 1. The minimum Gasteiger partial charge on any atom is -0.493 e. The maximum Gasteiger partial charge on any atom is 0.281 e. The lowest BCUT2D eigenvalue weighted by atomic mass is 10.2. The van der Waals surface area contributed by atoms with Crippen LogP contribution in [0.1, 0.15) is 16.1 Å². The monoisotopic (exact) mass is 388 g/mol. The first kappa shape index (κ1) is 18.4. The average molecular weight is 388 g/mol. The highest BCUT2D eigenvalue weighted by Crippen LogP contribution is 2.20. The van der Waals surface area contributed by atoms with Gasteiger partial charge in [-0.25, -0.2) is 4.68 Å². The number of carbonyl (C=O) groups is 1. The first-order chi connectivity index (χ1) is 14.2. The highest BCUT2D eigenvalue weighted by atomic mass is 16.5. The number of benzene rings is 1. The Hall–Kier alpha value is -3.94. The highest BCUT2D eigenvalue weighted by Gasteiger charge is 2.19. The molecule has 29 heavy (non-hydrogen) atoms. The van der Waals surface area contributed by atoms with Crippen LogP contribution in [0.5, 0.6) is 5.75 Å². The summed E-state index contributed by atoms with van der Waals surface area (Å²) in [7, 11) is 1.51. The first-order valence-electron chi connectivity index (χ1n) is 9.16. The summed E-state index contributed by atoms with van der Waals surface area (Å²) in [4.78, 5) is 16.7. The summed E-state index contributed by atoms with van der Waals surface area (Å²) in [6.07, 6.45) is 7.87. The molecule has 0 aliphatic heterocycles. The largest absolute Gasteiger partial charge is 0.493 e. The fourth-order valence-electron chi connectivity index (χ4n) is 2.90. The van der Waals surface area contributed by atoms with Gasteiger partial charge in [0.15, 0.2) is 17.3 Å². The van der Waals surface area contributed by atoms with Gasteiger partial charge < -0.3 is 10.1 Å². The fourth-order valence-corrected chi connectivity index (χ4v) is 2.90. The van der Waals surface area contributed by atoms with Crippen molar-refractivity contribution in [2.24, 2.45) is 0 Å². The van der Waals surface area contributed by atoms with Crippen LogP contribution in [0.2, 0.25) is 0 Å². The Morgan fingerprint density at radius 2 is 1.86 bits per heavy atom. The molecule has 146 valence electrons. The van der Waals surface area contributed by atoms with Crippen molar-refractivity contribution in [3.05, 3.63) is 84.6 Å². The second-order valence-electron chi connectivity index (χ2n) is 6.35. The van der Waals surface area contributed by atoms with E-state index in [2.05, 4.69) is 20.5 Å². The number of ether oxygens (including phenoxy) is 1. The van der Waals surface area contributed by atoms with E-state index in [0.29, 0.717) is 18.1 Å². The van der Waals surface area contributed by atoms with Crippen molar-refractivity contribution in [1.82, 2.24) is 24.5 Å². The van der Waals surface area contributed by atoms with Crippen molar-refractivity contribution in [2.75, 3.05) is 12.4 Å². The van der Waals surface area contributed by atoms with Crippen molar-refractivity contribution in [3.63, 3.8) is 0 Å². The molecule has 4 rings (SSSR count). The van der Waals surface area contributed by atoms with E-state index >= 15 is 0 Å². The van der Waals surface area contributed by atoms with Crippen LogP contribution in [-0.2, 0) is 13.0 Å². The third-order valence-corrected chi connectivity index (χ3v) is 4.40. The Balaban J connectivity index is 1.44. The summed E-state index contributed by atoms with van der Waals surface area (Å²) >= 11 is 0. The zero-order valence-electron chi connectivity index (χ0n) is 15.9. The van der Waals surface area contributed by atoms with E-state index in [0.717, 1.165) is 12.1 Å². The normalized spacial score (nSPS) is 10.7. The molecule has 3 aromatic heterocycles. The van der Waals surface area contributed by atoms with Gasteiger partial charge in [-0.1, -0.05) is 18.2 Å². The van der Waals surface area contributed by atoms with Crippen molar-refractivity contribution in [2.45, 2.75) is 13.0 Å². The molecular formula is C21H20N6O2. The molecule has 8 nitrogen and oxygen atoms in total. The van der Waals surface area contributed by atoms with Crippen molar-refractivity contribution < 1.29 is 9.53 Å². The lowest BCUT2D eigenvalue weighted by molar-refractivity contribution is 0.101. The molecule has 0 unspecified atom stereocenters. The second-order valence-corrected chi connectivity index (χ2v) is 6.35. The molecular weight excluding hydrogens is 368 g/mol. The molecule has 0 bridgehead atoms. The molecule has 0 aliphatic rings. The number of amides is 1. The van der Waals surface area contributed by atoms with Gasteiger partial charge in [0.1, 0.15) is 0 Å². The number of anilines is 1. The van der Waals surface area contributed by atoms with Crippen LogP contribution in [0.15, 0.2) is 73.3 Å². The Labute approximate surface area is 167 Å². The summed E-state index contributed by atoms with van der Waals surface area (Å²) in [6, 6.07) is 15.2. The summed E-state index contributed by atoms with van der Waals surface area (Å²) in [5, 5.41) is 11.6. The van der Waals surface area contributed by atoms with Gasteiger partial charge in [-0.3, -0.25) is 14.5 Å². The predicted octanol–water partition coefficient (Wildman–Crippen LogP) is 2.97. The lowest BCUT2D eigenvalue weighted by Crippen LogP contribution is -2.15. The number of pyridine rings is 1. The molecule has 4 aromatic rings. The fraction of sp³-hybridized carbons (Fsp3) is 0.143. The molecule has 0 atom stereocenters. The number of hydrogen-bond donors (Lipinski definition) is 1. The van der Waals surface area contributed by atoms with E-state index in [1.807, 2.05) is 48.7 Å². The Bertz CT molecular complexity index is 1090. The number of rotatable bonds is 7. The van der Waals surface area contributed by atoms with E-state index in [4.69, 9.17) is 4.74 Å². The maximum absolute atomic E-state index is 12.7. The number of nitrogens with zero attached hydrogens (tertiary/aromatic N) is 5. The summed E-state index contributed by atoms with van der Waals surface area (Å²) in [5.41, 5.74) is 2.21. The van der Waals surface area contributed by atoms with Crippen LogP contribution < -0.4 is 10.1 Å². The van der Waals surface area contributed by atoms with E-state index < -0.39 is 0 Å². The van der Waals surface area contributed by atoms with Crippen LogP contribution in [0, 0.1) is 0 Å². The number of methoxy groups -OCH3 is 1. The van der Waals surface area contributed by atoms with E-state index in [1.54, 1.807) is 34.0 Å². The Morgan fingerprint density at radius 1 is 1.07 bits per heavy atom. The first-order valence-corrected chi connectivity index (χ1v) is 9.16. The smallest absolute Gasteiger partial charge is 0.281 e. The van der Waals surface area contributed by atoms with Crippen molar-refractivity contribution in [1.29, 1.82) is 0 Å². The van der Waals surface area contributed by atoms with Crippen LogP contribution in [0.4, 0.5) is 5.82 Å². The second kappa shape index (κ2) is 8.39. The van der Waals surface area contributed by atoms with Gasteiger partial charge in [-0.2, -0.15) is 10.2 Å². The van der Waals surface area contributed by atoms with Gasteiger partial charge in [-0.15, -0.1) is 0 Å². The Kier molecular flexibility index (Phi) is 5.33. The zero-order valence-corrected chi connectivity index (χ0v) is 15.9. The summed E-state index contributed by atoms with van der Waals surface area (Å²) < 4.78 is 8.72. The Morgan fingerprint density at radius 3 is 2.62 bits per heavy atom. The maximum atomic E-state index is 12.7. The van der Waals surface area contributed by atoms with Crippen molar-refractivity contribution in [3.8, 4) is 11.4 Å². The van der Waals surface area contributed by atoms with Gasteiger partial charge in [0.25, 0.3) is 5.91 Å². The average Bonchev–Trinajstić information content (AvgIpc) is 3.40. The number of hydrogen-bond acceptors (Lipinski definition) is 5. The molecule has 0 radical (unpaired) electrons. The van der Waals surface area contributed by atoms with Crippen LogP contribution in [0.3, 0.4) is 0 Å². The van der Waals surface area contributed by atoms with Crippen LogP contribution in [-0.4, -0.2) is 37.6 Å². The number of carbonyl (C=O) groups excluding carboxylic acids is 1. The summed E-state index contributed by atoms with van der Waals surface area (Å²) in [5.74, 6) is 0.473. The van der Waals surface area contributed by atoms with Crippen molar-refractivity contribution >= 4 is 11.7 Å². The number of aryl methyl sites for hydroxylation is 2. The van der Waals surface area contributed by atoms with Crippen LogP contribution in [0.25, 0.3) is 5.69 Å². The molecule has 8 heteroatoms. The summed E-state index contributed by atoms with van der Waals surface area (Å²) in [6.45, 7) is 0.700. The third kappa shape index (κ3) is 4.32. The molecule has 1 aromatic carbocycles.